The van der Waals surface area contributed by atoms with Crippen LogP contribution in [0.3, 0.4) is 0 Å². The average molecular weight is 519 g/mol. The van der Waals surface area contributed by atoms with Gasteiger partial charge in [0.1, 0.15) is 19.9 Å². The fraction of sp³-hybridized carbons (Fsp3) is 0.680. The number of aromatic nitrogens is 3. The van der Waals surface area contributed by atoms with Crippen LogP contribution in [0.5, 0.6) is 5.88 Å². The van der Waals surface area contributed by atoms with E-state index in [2.05, 4.69) is 40.8 Å². The normalized spacial score (nSPS) is 18.1. The Hall–Kier alpha value is -2.18. The molecular formula is C25H40N5O5Si. The first-order chi connectivity index (χ1) is 17.4. The second-order valence-electron chi connectivity index (χ2n) is 10.6. The molecule has 2 aromatic heterocycles. The maximum absolute atomic E-state index is 10.5. The number of pyridine rings is 1. The highest BCUT2D eigenvalue weighted by Gasteiger charge is 2.32. The summed E-state index contributed by atoms with van der Waals surface area (Å²) in [4.78, 5) is 4.47. The molecular weight excluding hydrogens is 478 g/mol. The fourth-order valence-electron chi connectivity index (χ4n) is 4.45. The Labute approximate surface area is 215 Å². The van der Waals surface area contributed by atoms with E-state index in [1.165, 1.54) is 0 Å². The van der Waals surface area contributed by atoms with Gasteiger partial charge in [-0.25, -0.2) is 14.8 Å². The van der Waals surface area contributed by atoms with Gasteiger partial charge in [-0.2, -0.15) is 5.10 Å². The molecule has 1 saturated heterocycles. The summed E-state index contributed by atoms with van der Waals surface area (Å²) in [6.07, 6.45) is 6.05. The van der Waals surface area contributed by atoms with Crippen LogP contribution < -0.4 is 14.8 Å². The molecule has 0 saturated carbocycles. The molecule has 2 aromatic rings. The zero-order chi connectivity index (χ0) is 25.5. The Morgan fingerprint density at radius 1 is 1.14 bits per heavy atom. The first kappa shape index (κ1) is 26.9. The van der Waals surface area contributed by atoms with Crippen molar-refractivity contribution in [3.8, 4) is 5.88 Å². The van der Waals surface area contributed by atoms with Crippen molar-refractivity contribution >= 4 is 19.4 Å². The highest BCUT2D eigenvalue weighted by atomic mass is 28.3. The Kier molecular flexibility index (Phi) is 9.23. The summed E-state index contributed by atoms with van der Waals surface area (Å²) < 4.78 is 24.7. The Balaban J connectivity index is 1.47. The van der Waals surface area contributed by atoms with Crippen molar-refractivity contribution in [2.24, 2.45) is 0 Å². The maximum atomic E-state index is 10.5. The number of hydrogen-bond acceptors (Lipinski definition) is 8. The van der Waals surface area contributed by atoms with Crippen molar-refractivity contribution in [3.05, 3.63) is 29.7 Å². The van der Waals surface area contributed by atoms with Crippen LogP contribution in [-0.4, -0.2) is 76.1 Å². The van der Waals surface area contributed by atoms with Crippen molar-refractivity contribution in [3.63, 3.8) is 0 Å². The van der Waals surface area contributed by atoms with Gasteiger partial charge in [-0.05, 0) is 18.9 Å². The van der Waals surface area contributed by atoms with Crippen molar-refractivity contribution in [2.45, 2.75) is 57.7 Å². The smallest absolute Gasteiger partial charge is 0.213 e. The van der Waals surface area contributed by atoms with Crippen molar-refractivity contribution in [2.75, 3.05) is 63.3 Å². The largest absolute Gasteiger partial charge is 0.475 e. The van der Waals surface area contributed by atoms with Gasteiger partial charge in [0, 0.05) is 45.9 Å². The van der Waals surface area contributed by atoms with Crippen LogP contribution in [-0.2, 0) is 32.6 Å². The van der Waals surface area contributed by atoms with E-state index in [9.17, 15) is 5.11 Å². The van der Waals surface area contributed by atoms with Gasteiger partial charge in [-0.3, -0.25) is 10.0 Å². The van der Waals surface area contributed by atoms with E-state index in [1.54, 1.807) is 0 Å². The van der Waals surface area contributed by atoms with E-state index in [0.29, 0.717) is 39.0 Å². The minimum atomic E-state index is -1.14. The van der Waals surface area contributed by atoms with Crippen molar-refractivity contribution in [1.82, 2.24) is 14.8 Å². The predicted octanol–water partition coefficient (Wildman–Crippen LogP) is 3.68. The van der Waals surface area contributed by atoms with Crippen molar-refractivity contribution in [1.29, 1.82) is 0 Å². The molecule has 1 unspecified atom stereocenters. The third kappa shape index (κ3) is 6.98. The van der Waals surface area contributed by atoms with Crippen molar-refractivity contribution < 1.29 is 24.1 Å². The van der Waals surface area contributed by atoms with Crippen LogP contribution >= 0.6 is 0 Å². The SMILES string of the molecule is CN1c2cnc(OCCOCC[O])cc2CN1c1cn(COCC[Si](C)(C)C)nc1C1CCCOC1. The van der Waals surface area contributed by atoms with Crippen LogP contribution in [0.25, 0.3) is 0 Å². The molecule has 2 aliphatic heterocycles. The van der Waals surface area contributed by atoms with Gasteiger partial charge in [-0.1, -0.05) is 19.6 Å². The van der Waals surface area contributed by atoms with Crippen LogP contribution in [0.15, 0.2) is 18.5 Å². The maximum Gasteiger partial charge on any atom is 0.213 e. The van der Waals surface area contributed by atoms with E-state index in [-0.39, 0.29) is 19.1 Å². The van der Waals surface area contributed by atoms with Crippen LogP contribution in [0.2, 0.25) is 25.7 Å². The first-order valence-electron chi connectivity index (χ1n) is 12.9. The molecule has 199 valence electrons. The minimum absolute atomic E-state index is 0.201. The highest BCUT2D eigenvalue weighted by Crippen LogP contribution is 2.39. The summed E-state index contributed by atoms with van der Waals surface area (Å²) in [6, 6.07) is 3.11. The third-order valence-electron chi connectivity index (χ3n) is 6.49. The van der Waals surface area contributed by atoms with Crippen LogP contribution in [0.4, 0.5) is 11.4 Å². The van der Waals surface area contributed by atoms with Gasteiger partial charge in [0.25, 0.3) is 0 Å². The molecule has 11 heteroatoms. The fourth-order valence-corrected chi connectivity index (χ4v) is 5.21. The van der Waals surface area contributed by atoms with E-state index in [1.807, 2.05) is 24.0 Å². The molecule has 0 N–H and O–H groups in total. The molecule has 2 aliphatic rings. The Morgan fingerprint density at radius 2 is 2.00 bits per heavy atom. The molecule has 1 fully saturated rings. The molecule has 1 atom stereocenters. The van der Waals surface area contributed by atoms with Gasteiger partial charge in [0.2, 0.25) is 5.88 Å². The molecule has 10 nitrogen and oxygen atoms in total. The summed E-state index contributed by atoms with van der Waals surface area (Å²) in [7, 11) is 0.914. The zero-order valence-electron chi connectivity index (χ0n) is 22.1. The monoisotopic (exact) mass is 518 g/mol. The molecule has 0 aromatic carbocycles. The van der Waals surface area contributed by atoms with Gasteiger partial charge < -0.3 is 18.9 Å². The molecule has 0 spiro atoms. The number of hydrogen-bond donors (Lipinski definition) is 0. The van der Waals surface area contributed by atoms with E-state index in [4.69, 9.17) is 24.0 Å². The number of rotatable bonds is 13. The lowest BCUT2D eigenvalue weighted by Gasteiger charge is -2.30. The molecule has 36 heavy (non-hydrogen) atoms. The molecule has 4 rings (SSSR count). The lowest BCUT2D eigenvalue weighted by molar-refractivity contribution is 0.0479. The second kappa shape index (κ2) is 12.4. The molecule has 0 bridgehead atoms. The standard InChI is InChI=1S/C25H40N5O5Si/c1-28-22-15-26-24(35-11-10-32-9-7-31)14-21(22)16-30(28)23-17-29(19-34-12-13-36(2,3)4)27-25(23)20-6-5-8-33-18-20/h14-15,17,20H,5-13,16,18-19H2,1-4H3. The number of fused-ring (bicyclic) bond motifs is 1. The summed E-state index contributed by atoms with van der Waals surface area (Å²) in [5, 5.41) is 19.8. The zero-order valence-corrected chi connectivity index (χ0v) is 23.1. The van der Waals surface area contributed by atoms with Crippen LogP contribution in [0.1, 0.15) is 30.0 Å². The molecule has 0 amide bonds. The topological polar surface area (TPSA) is 94.0 Å². The van der Waals surface area contributed by atoms with E-state index < -0.39 is 8.07 Å². The molecule has 0 aliphatic carbocycles. The highest BCUT2D eigenvalue weighted by molar-refractivity contribution is 6.76. The van der Waals surface area contributed by atoms with Gasteiger partial charge in [0.05, 0.1) is 55.8 Å². The Morgan fingerprint density at radius 3 is 2.75 bits per heavy atom. The summed E-state index contributed by atoms with van der Waals surface area (Å²) >= 11 is 0. The number of anilines is 2. The first-order valence-corrected chi connectivity index (χ1v) is 16.6. The Bertz CT molecular complexity index is 976. The molecule has 1 radical (unpaired) electrons. The third-order valence-corrected chi connectivity index (χ3v) is 8.20. The summed E-state index contributed by atoms with van der Waals surface area (Å²) in [5.41, 5.74) is 4.30. The lowest BCUT2D eigenvalue weighted by atomic mass is 9.97. The predicted molar refractivity (Wildman–Crippen MR) is 140 cm³/mol. The van der Waals surface area contributed by atoms with Gasteiger partial charge >= 0.3 is 0 Å². The van der Waals surface area contributed by atoms with E-state index in [0.717, 1.165) is 54.7 Å². The quantitative estimate of drug-likeness (QED) is 0.293. The minimum Gasteiger partial charge on any atom is -0.475 e. The average Bonchev–Trinajstić information content (AvgIpc) is 3.42. The number of ether oxygens (including phenoxy) is 4. The second-order valence-corrected chi connectivity index (χ2v) is 16.2. The lowest BCUT2D eigenvalue weighted by Crippen LogP contribution is -2.35. The summed E-state index contributed by atoms with van der Waals surface area (Å²) in [5.74, 6) is 0.822. The van der Waals surface area contributed by atoms with Gasteiger partial charge in [-0.15, -0.1) is 0 Å². The van der Waals surface area contributed by atoms with Crippen LogP contribution in [0, 0.1) is 0 Å². The number of hydrazine groups is 1. The van der Waals surface area contributed by atoms with E-state index >= 15 is 0 Å². The summed E-state index contributed by atoms with van der Waals surface area (Å²) in [6.45, 7) is 11.2. The molecule has 4 heterocycles. The van der Waals surface area contributed by atoms with Gasteiger partial charge in [0.15, 0.2) is 0 Å². The number of nitrogens with zero attached hydrogens (tertiary/aromatic N) is 5.